The van der Waals surface area contributed by atoms with Gasteiger partial charge in [-0.2, -0.15) is 0 Å². The molecule has 436 valence electrons. The van der Waals surface area contributed by atoms with Crippen molar-refractivity contribution in [3.05, 3.63) is 164 Å². The van der Waals surface area contributed by atoms with Gasteiger partial charge in [0.25, 0.3) is 22.1 Å². The second-order valence-corrected chi connectivity index (χ2v) is 22.7. The maximum atomic E-state index is 16.1. The number of hydrogen-bond donors (Lipinski definition) is 0. The Morgan fingerprint density at radius 1 is 0.518 bits per heavy atom. The number of aromatic nitrogens is 10. The third-order valence-corrected chi connectivity index (χ3v) is 16.6. The van der Waals surface area contributed by atoms with E-state index in [1.807, 2.05) is 0 Å². The molecule has 0 spiro atoms. The van der Waals surface area contributed by atoms with Gasteiger partial charge >= 0.3 is 11.9 Å². The second-order valence-electron chi connectivity index (χ2n) is 20.7. The van der Waals surface area contributed by atoms with Crippen molar-refractivity contribution in [3.8, 4) is 44.7 Å². The van der Waals surface area contributed by atoms with E-state index in [0.717, 1.165) is 59.1 Å². The Morgan fingerprint density at radius 2 is 0.941 bits per heavy atom. The number of fused-ring (bicyclic) bond motifs is 2. The number of hydrogen-bond acceptors (Lipinski definition) is 17. The van der Waals surface area contributed by atoms with Crippen molar-refractivity contribution in [2.24, 2.45) is 10.8 Å². The van der Waals surface area contributed by atoms with Gasteiger partial charge < -0.3 is 32.8 Å². The van der Waals surface area contributed by atoms with Crippen molar-refractivity contribution in [3.63, 3.8) is 0 Å². The van der Waals surface area contributed by atoms with E-state index in [1.165, 1.54) is 62.8 Å². The molecule has 0 aliphatic heterocycles. The predicted octanol–water partition coefficient (Wildman–Crippen LogP) is 11.9. The van der Waals surface area contributed by atoms with Crippen LogP contribution in [0.5, 0.6) is 22.1 Å². The highest BCUT2D eigenvalue weighted by Crippen LogP contribution is 2.49. The molecule has 2 fully saturated rings. The van der Waals surface area contributed by atoms with Crippen molar-refractivity contribution in [2.75, 3.05) is 27.6 Å². The molecule has 0 radical (unpaired) electrons. The zero-order valence-electron chi connectivity index (χ0n) is 44.7. The first-order valence-corrected chi connectivity index (χ1v) is 27.8. The lowest BCUT2D eigenvalue weighted by molar-refractivity contribution is 0.0397. The molecule has 0 saturated heterocycles. The van der Waals surface area contributed by atoms with Crippen LogP contribution in [0, 0.1) is 45.7 Å². The molecule has 0 amide bonds. The summed E-state index contributed by atoms with van der Waals surface area (Å²) in [6.45, 7) is -1.68. The fourth-order valence-corrected chi connectivity index (χ4v) is 10.8. The lowest BCUT2D eigenvalue weighted by Gasteiger charge is -2.16. The maximum Gasteiger partial charge on any atom is 0.346 e. The molecule has 2 aliphatic rings. The van der Waals surface area contributed by atoms with Crippen LogP contribution in [0.3, 0.4) is 0 Å². The van der Waals surface area contributed by atoms with Gasteiger partial charge in [-0.1, -0.05) is 32.9 Å². The Kier molecular flexibility index (Phi) is 15.2. The van der Waals surface area contributed by atoms with Gasteiger partial charge in [-0.05, 0) is 122 Å². The van der Waals surface area contributed by atoms with Crippen molar-refractivity contribution >= 4 is 56.7 Å². The molecule has 0 atom stereocenters. The summed E-state index contributed by atoms with van der Waals surface area (Å²) in [5.41, 5.74) is -1.52. The minimum atomic E-state index is -1.07. The summed E-state index contributed by atoms with van der Waals surface area (Å²) in [4.78, 5) is 45.3. The van der Waals surface area contributed by atoms with E-state index in [-0.39, 0.29) is 106 Å². The topological polar surface area (TPSA) is 193 Å². The van der Waals surface area contributed by atoms with E-state index in [1.54, 1.807) is 9.13 Å². The van der Waals surface area contributed by atoms with E-state index in [0.29, 0.717) is 57.8 Å². The number of benzene rings is 4. The van der Waals surface area contributed by atoms with Crippen LogP contribution in [0.25, 0.3) is 44.6 Å². The number of halogens is 8. The molecule has 4 aromatic carbocycles. The van der Waals surface area contributed by atoms with Crippen LogP contribution < -0.4 is 18.9 Å². The quantitative estimate of drug-likeness (QED) is 0.0353. The Hall–Kier alpha value is -8.98. The number of carbonyl (C=O) groups excluding carboxylic acids is 2. The summed E-state index contributed by atoms with van der Waals surface area (Å²) in [5.74, 6) is -7.88. The third kappa shape index (κ3) is 11.7. The first-order chi connectivity index (χ1) is 41.0. The molecule has 0 unspecified atom stereocenters. The molecule has 2 aliphatic carbocycles. The van der Waals surface area contributed by atoms with E-state index >= 15 is 17.6 Å². The Morgan fingerprint density at radius 3 is 1.32 bits per heavy atom. The maximum absolute atomic E-state index is 16.1. The van der Waals surface area contributed by atoms with Crippen LogP contribution in [-0.4, -0.2) is 89.0 Å². The molecular weight excluding hydrogens is 1160 g/mol. The summed E-state index contributed by atoms with van der Waals surface area (Å²) in [6.07, 6.45) is 1.57. The van der Waals surface area contributed by atoms with E-state index < -0.39 is 82.8 Å². The molecule has 0 N–H and O–H groups in total. The van der Waals surface area contributed by atoms with Gasteiger partial charge in [-0.25, -0.2) is 55.9 Å². The average molecular weight is 1210 g/mol. The summed E-state index contributed by atoms with van der Waals surface area (Å²) in [7, 11) is 2.81. The normalized spacial score (nSPS) is 14.0. The average Bonchev–Trinajstić information content (AvgIpc) is 2.11. The number of imidazole rings is 2. The number of carbonyl (C=O) groups is 2. The molecule has 12 rings (SSSR count). The largest absolute Gasteiger partial charge is 0.472 e. The van der Waals surface area contributed by atoms with Gasteiger partial charge in [0, 0.05) is 47.9 Å². The smallest absolute Gasteiger partial charge is 0.346 e. The molecule has 85 heavy (non-hydrogen) atoms. The van der Waals surface area contributed by atoms with E-state index in [4.69, 9.17) is 23.7 Å². The molecule has 2 saturated carbocycles. The van der Waals surface area contributed by atoms with Crippen molar-refractivity contribution in [1.29, 1.82) is 0 Å². The summed E-state index contributed by atoms with van der Waals surface area (Å²) in [6, 6.07) is 16.6. The Balaban J connectivity index is 0.777. The highest BCUT2D eigenvalue weighted by Gasteiger charge is 2.45. The number of alkyl halides is 2. The molecular formula is C58H44F8N10O7S2. The fourth-order valence-electron chi connectivity index (χ4n) is 9.66. The number of pyridine rings is 2. The minimum Gasteiger partial charge on any atom is -0.472 e. The zero-order chi connectivity index (χ0) is 59.3. The number of methoxy groups -OCH3 is 2. The highest BCUT2D eigenvalue weighted by atomic mass is 32.1. The fraction of sp³-hybridized carbons (Fsp3) is 0.276. The number of nitrogens with zero attached hydrogens (tertiary/aromatic N) is 10. The first-order valence-electron chi connectivity index (χ1n) is 26.2. The molecule has 0 bridgehead atoms. The molecule has 17 nitrogen and oxygen atoms in total. The van der Waals surface area contributed by atoms with Crippen LogP contribution in [-0.2, 0) is 43.9 Å². The number of ether oxygens (including phenoxy) is 5. The minimum absolute atomic E-state index is 0.0717. The van der Waals surface area contributed by atoms with Crippen LogP contribution in [0.1, 0.15) is 79.2 Å². The van der Waals surface area contributed by atoms with E-state index in [2.05, 4.69) is 40.3 Å². The number of esters is 2. The molecule has 6 heterocycles. The van der Waals surface area contributed by atoms with Crippen molar-refractivity contribution in [1.82, 2.24) is 49.5 Å². The number of rotatable bonds is 22. The summed E-state index contributed by atoms with van der Waals surface area (Å²) in [5, 5.41) is 16.6. The lowest BCUT2D eigenvalue weighted by atomic mass is 10.0. The monoisotopic (exact) mass is 1210 g/mol. The van der Waals surface area contributed by atoms with Crippen molar-refractivity contribution < 1.29 is 68.4 Å². The zero-order valence-corrected chi connectivity index (χ0v) is 46.4. The van der Waals surface area contributed by atoms with Crippen LogP contribution >= 0.6 is 22.7 Å². The predicted molar refractivity (Wildman–Crippen MR) is 291 cm³/mol. The van der Waals surface area contributed by atoms with Gasteiger partial charge in [-0.15, -0.1) is 10.2 Å². The van der Waals surface area contributed by atoms with Gasteiger partial charge in [0.05, 0.1) is 72.2 Å². The SMILES string of the molecule is COc1nnc(COc2nc(-c3cc(F)c(Cc4nc5ccc(C(=O)OC(=O)c6ccc7nc(Cc8cc(F)c(-c9ccc(F)c(OCc%10nnc(OC)s%10)n9)cc8F)n(CC8(CF)CC8)c7c6)cc5n4CC4(CF)CC4)cc3F)ccc2F)s1. The molecule has 6 aromatic heterocycles. The summed E-state index contributed by atoms with van der Waals surface area (Å²) >= 11 is 2.12. The lowest BCUT2D eigenvalue weighted by Crippen LogP contribution is -2.17. The third-order valence-electron chi connectivity index (χ3n) is 14.8. The molecule has 27 heteroatoms. The molecule has 10 aromatic rings. The Labute approximate surface area is 484 Å². The van der Waals surface area contributed by atoms with Gasteiger partial charge in [0.2, 0.25) is 0 Å². The van der Waals surface area contributed by atoms with Crippen LogP contribution in [0.15, 0.2) is 84.9 Å². The highest BCUT2D eigenvalue weighted by molar-refractivity contribution is 7.13. The van der Waals surface area contributed by atoms with Crippen LogP contribution in [0.4, 0.5) is 35.1 Å². The van der Waals surface area contributed by atoms with Gasteiger partial charge in [0.15, 0.2) is 21.6 Å². The van der Waals surface area contributed by atoms with Crippen molar-refractivity contribution in [2.45, 2.75) is 64.8 Å². The van der Waals surface area contributed by atoms with E-state index in [9.17, 15) is 27.2 Å². The van der Waals surface area contributed by atoms with Gasteiger partial charge in [0.1, 0.15) is 48.1 Å². The Bertz CT molecular complexity index is 4000. The van der Waals surface area contributed by atoms with Crippen LogP contribution in [0.2, 0.25) is 0 Å². The standard InChI is InChI=1S/C58H44F8N10O7S2/c1-79-55-73-71-49(84-55)23-81-51-35(61)5-9-41(69-51)33-21-37(63)31(15-39(33)65)19-47-67-43-7-3-29(17-45(43)75(47)27-57(25-59)11-12-57)53(77)83-54(78)30-4-8-44-46(18-30)76(28-58(26-60)13-14-58)48(68-44)20-32-16-40(66)34(22-38(32)64)42-10-6-36(62)52(70-42)82-24-50-72-74-56(80-2)85-50/h3-10,15-18,21-22H,11-14,19-20,23-28H2,1-2H3. The second kappa shape index (κ2) is 22.9. The summed E-state index contributed by atoms with van der Waals surface area (Å²) < 4.78 is 152. The first kappa shape index (κ1) is 56.5. The van der Waals surface area contributed by atoms with Gasteiger partial charge in [-0.3, -0.25) is 8.78 Å².